The van der Waals surface area contributed by atoms with E-state index in [2.05, 4.69) is 28.1 Å². The van der Waals surface area contributed by atoms with Crippen LogP contribution in [-0.2, 0) is 17.1 Å². The second-order valence-electron chi connectivity index (χ2n) is 10.0. The Morgan fingerprint density at radius 1 is 0.868 bits per heavy atom. The van der Waals surface area contributed by atoms with E-state index in [1.165, 1.54) is 5.56 Å². The summed E-state index contributed by atoms with van der Waals surface area (Å²) in [6.45, 7) is 0.852. The highest BCUT2D eigenvalue weighted by molar-refractivity contribution is 5.94. The summed E-state index contributed by atoms with van der Waals surface area (Å²) < 4.78 is 78.4. The Morgan fingerprint density at radius 2 is 1.47 bits per heavy atom. The molecule has 206 valence electrons. The molecular formula is C27H29F6N3O2. The summed E-state index contributed by atoms with van der Waals surface area (Å²) in [5.74, 6) is -0.759. The van der Waals surface area contributed by atoms with E-state index in [0.717, 1.165) is 6.54 Å². The van der Waals surface area contributed by atoms with E-state index < -0.39 is 35.0 Å². The fraction of sp³-hybridized carbons (Fsp3) is 0.481. The maximum absolute atomic E-state index is 13.1. The molecule has 5 nitrogen and oxygen atoms in total. The van der Waals surface area contributed by atoms with Gasteiger partial charge in [-0.05, 0) is 67.7 Å². The fourth-order valence-electron chi connectivity index (χ4n) is 5.15. The van der Waals surface area contributed by atoms with Crippen LogP contribution in [0.2, 0.25) is 0 Å². The number of hydrogen-bond donors (Lipinski definition) is 3. The number of amides is 2. The van der Waals surface area contributed by atoms with Crippen molar-refractivity contribution in [2.75, 3.05) is 13.1 Å². The van der Waals surface area contributed by atoms with Gasteiger partial charge in [-0.3, -0.25) is 9.59 Å². The highest BCUT2D eigenvalue weighted by Gasteiger charge is 2.38. The third kappa shape index (κ3) is 7.06. The van der Waals surface area contributed by atoms with Gasteiger partial charge in [0, 0.05) is 24.7 Å². The molecule has 1 heterocycles. The van der Waals surface area contributed by atoms with E-state index in [-0.39, 0.29) is 42.4 Å². The van der Waals surface area contributed by atoms with Gasteiger partial charge in [0.15, 0.2) is 0 Å². The summed E-state index contributed by atoms with van der Waals surface area (Å²) in [6, 6.07) is 10.6. The monoisotopic (exact) mass is 541 g/mol. The van der Waals surface area contributed by atoms with E-state index >= 15 is 0 Å². The zero-order valence-corrected chi connectivity index (χ0v) is 20.5. The molecule has 1 saturated carbocycles. The van der Waals surface area contributed by atoms with Crippen molar-refractivity contribution >= 4 is 11.8 Å². The minimum atomic E-state index is -5.02. The van der Waals surface area contributed by atoms with Gasteiger partial charge < -0.3 is 16.0 Å². The second-order valence-corrected chi connectivity index (χ2v) is 10.0. The first-order valence-electron chi connectivity index (χ1n) is 12.6. The topological polar surface area (TPSA) is 70.2 Å². The first-order chi connectivity index (χ1) is 17.9. The van der Waals surface area contributed by atoms with Crippen molar-refractivity contribution in [1.82, 2.24) is 16.0 Å². The molecule has 3 N–H and O–H groups in total. The number of benzene rings is 2. The number of hydrogen-bond acceptors (Lipinski definition) is 3. The Labute approximate surface area is 216 Å². The van der Waals surface area contributed by atoms with Gasteiger partial charge in [-0.1, -0.05) is 30.3 Å². The van der Waals surface area contributed by atoms with Crippen molar-refractivity contribution in [3.8, 4) is 0 Å². The SMILES string of the molecule is O=C(NCC1CCC(NC(=O)[C@@H]2C[C@H](c3ccccc3)CN2)CC1)c1cc(C(F)(F)F)cc(C(F)(F)F)c1. The molecule has 2 atom stereocenters. The highest BCUT2D eigenvalue weighted by Crippen LogP contribution is 2.36. The smallest absolute Gasteiger partial charge is 0.352 e. The Balaban J connectivity index is 1.24. The lowest BCUT2D eigenvalue weighted by atomic mass is 9.85. The van der Waals surface area contributed by atoms with E-state index in [1.54, 1.807) is 0 Å². The molecule has 2 fully saturated rings. The van der Waals surface area contributed by atoms with E-state index in [9.17, 15) is 35.9 Å². The molecule has 4 rings (SSSR count). The Bertz CT molecular complexity index is 1100. The third-order valence-electron chi connectivity index (χ3n) is 7.31. The molecule has 0 bridgehead atoms. The van der Waals surface area contributed by atoms with E-state index in [0.29, 0.717) is 44.2 Å². The van der Waals surface area contributed by atoms with Gasteiger partial charge in [-0.15, -0.1) is 0 Å². The van der Waals surface area contributed by atoms with Crippen molar-refractivity contribution in [1.29, 1.82) is 0 Å². The quantitative estimate of drug-likeness (QED) is 0.437. The zero-order chi connectivity index (χ0) is 27.5. The number of carbonyl (C=O) groups is 2. The Morgan fingerprint density at radius 3 is 2.05 bits per heavy atom. The van der Waals surface area contributed by atoms with Gasteiger partial charge in [0.1, 0.15) is 0 Å². The van der Waals surface area contributed by atoms with Crippen LogP contribution >= 0.6 is 0 Å². The number of halogens is 6. The summed E-state index contributed by atoms with van der Waals surface area (Å²) in [7, 11) is 0. The lowest BCUT2D eigenvalue weighted by molar-refractivity contribution is -0.143. The van der Waals surface area contributed by atoms with Gasteiger partial charge in [-0.25, -0.2) is 0 Å². The first-order valence-corrected chi connectivity index (χ1v) is 12.6. The van der Waals surface area contributed by atoms with Crippen molar-refractivity contribution < 1.29 is 35.9 Å². The normalized spacial score (nSPS) is 24.2. The molecule has 0 spiro atoms. The van der Waals surface area contributed by atoms with Crippen molar-refractivity contribution in [3.05, 3.63) is 70.8 Å². The van der Waals surface area contributed by atoms with Crippen LogP contribution in [0.4, 0.5) is 26.3 Å². The van der Waals surface area contributed by atoms with Crippen LogP contribution in [0.5, 0.6) is 0 Å². The molecule has 0 aromatic heterocycles. The Hall–Kier alpha value is -3.08. The van der Waals surface area contributed by atoms with E-state index in [1.807, 2.05) is 18.2 Å². The number of rotatable bonds is 6. The van der Waals surface area contributed by atoms with Crippen LogP contribution in [0.1, 0.15) is 65.1 Å². The molecule has 2 amide bonds. The predicted octanol–water partition coefficient (Wildman–Crippen LogP) is 5.27. The summed E-state index contributed by atoms with van der Waals surface area (Å²) in [5.41, 5.74) is -2.55. The molecule has 1 aliphatic carbocycles. The zero-order valence-electron chi connectivity index (χ0n) is 20.5. The molecule has 0 radical (unpaired) electrons. The van der Waals surface area contributed by atoms with Crippen LogP contribution < -0.4 is 16.0 Å². The van der Waals surface area contributed by atoms with Gasteiger partial charge in [-0.2, -0.15) is 26.3 Å². The molecule has 2 aromatic rings. The van der Waals surface area contributed by atoms with Crippen molar-refractivity contribution in [3.63, 3.8) is 0 Å². The lowest BCUT2D eigenvalue weighted by Crippen LogP contribution is -2.46. The maximum atomic E-state index is 13.1. The summed E-state index contributed by atoms with van der Waals surface area (Å²) in [6.07, 6.45) is -6.67. The maximum Gasteiger partial charge on any atom is 0.416 e. The summed E-state index contributed by atoms with van der Waals surface area (Å²) in [5, 5.41) is 8.84. The van der Waals surface area contributed by atoms with Crippen LogP contribution in [0.15, 0.2) is 48.5 Å². The highest BCUT2D eigenvalue weighted by atomic mass is 19.4. The fourth-order valence-corrected chi connectivity index (χ4v) is 5.15. The molecule has 11 heteroatoms. The molecule has 38 heavy (non-hydrogen) atoms. The lowest BCUT2D eigenvalue weighted by Gasteiger charge is -2.30. The van der Waals surface area contributed by atoms with E-state index in [4.69, 9.17) is 0 Å². The number of nitrogens with one attached hydrogen (secondary N) is 3. The van der Waals surface area contributed by atoms with Gasteiger partial charge in [0.2, 0.25) is 5.91 Å². The largest absolute Gasteiger partial charge is 0.416 e. The minimum Gasteiger partial charge on any atom is -0.352 e. The molecule has 0 unspecified atom stereocenters. The van der Waals surface area contributed by atoms with Crippen molar-refractivity contribution in [2.45, 2.75) is 62.5 Å². The van der Waals surface area contributed by atoms with Crippen LogP contribution in [0.25, 0.3) is 0 Å². The van der Waals surface area contributed by atoms with Crippen molar-refractivity contribution in [2.24, 2.45) is 5.92 Å². The van der Waals surface area contributed by atoms with Gasteiger partial charge >= 0.3 is 12.4 Å². The number of alkyl halides is 6. The second kappa shape index (κ2) is 11.3. The van der Waals surface area contributed by atoms with Gasteiger partial charge in [0.25, 0.3) is 5.91 Å². The molecule has 2 aromatic carbocycles. The predicted molar refractivity (Wildman–Crippen MR) is 128 cm³/mol. The Kier molecular flexibility index (Phi) is 8.34. The molecule has 1 aliphatic heterocycles. The number of carbonyl (C=O) groups excluding carboxylic acids is 2. The average Bonchev–Trinajstić information content (AvgIpc) is 3.38. The third-order valence-corrected chi connectivity index (χ3v) is 7.31. The van der Waals surface area contributed by atoms with Crippen LogP contribution in [-0.4, -0.2) is 37.0 Å². The molecular weight excluding hydrogens is 512 g/mol. The van der Waals surface area contributed by atoms with Crippen LogP contribution in [0, 0.1) is 5.92 Å². The van der Waals surface area contributed by atoms with Gasteiger partial charge in [0.05, 0.1) is 17.2 Å². The first kappa shape index (κ1) is 27.9. The summed E-state index contributed by atoms with van der Waals surface area (Å²) >= 11 is 0. The summed E-state index contributed by atoms with van der Waals surface area (Å²) in [4.78, 5) is 25.2. The van der Waals surface area contributed by atoms with Crippen LogP contribution in [0.3, 0.4) is 0 Å². The molecule has 1 saturated heterocycles. The molecule has 2 aliphatic rings. The average molecular weight is 542 g/mol. The minimum absolute atomic E-state index is 0.00470. The standard InChI is InChI=1S/C27H29F6N3O2/c28-26(29,30)20-10-18(11-21(13-20)27(31,32)33)24(37)35-14-16-6-8-22(9-7-16)36-25(38)23-12-19(15-34-23)17-4-2-1-3-5-17/h1-5,10-11,13,16,19,22-23,34H,6-9,12,14-15H2,(H,35,37)(H,36,38)/t16?,19-,22?,23-/m0/s1.